The zero-order valence-corrected chi connectivity index (χ0v) is 12.2. The van der Waals surface area contributed by atoms with Gasteiger partial charge in [0.25, 0.3) is 5.91 Å². The fourth-order valence-electron chi connectivity index (χ4n) is 3.25. The molecule has 1 unspecified atom stereocenters. The molecule has 2 aliphatic rings. The summed E-state index contributed by atoms with van der Waals surface area (Å²) in [6.07, 6.45) is 2.22. The first-order chi connectivity index (χ1) is 10.0. The summed E-state index contributed by atoms with van der Waals surface area (Å²) in [5, 5.41) is 12.8. The number of hydrogen-bond acceptors (Lipinski definition) is 3. The first-order valence-electron chi connectivity index (χ1n) is 7.40. The summed E-state index contributed by atoms with van der Waals surface area (Å²) < 4.78 is 0. The Kier molecular flexibility index (Phi) is 3.45. The second kappa shape index (κ2) is 5.15. The third-order valence-corrected chi connectivity index (χ3v) is 4.68. The first-order valence-corrected chi connectivity index (χ1v) is 7.40. The molecule has 1 amide bonds. The minimum atomic E-state index is -1.09. The van der Waals surface area contributed by atoms with Crippen LogP contribution in [0.25, 0.3) is 0 Å². The van der Waals surface area contributed by atoms with Gasteiger partial charge in [0.1, 0.15) is 5.54 Å². The highest BCUT2D eigenvalue weighted by Gasteiger charge is 2.44. The topological polar surface area (TPSA) is 69.6 Å². The Morgan fingerprint density at radius 2 is 2.00 bits per heavy atom. The lowest BCUT2D eigenvalue weighted by Gasteiger charge is -2.41. The molecule has 2 heterocycles. The number of carbonyl (C=O) groups is 2. The van der Waals surface area contributed by atoms with Crippen molar-refractivity contribution in [2.45, 2.75) is 44.8 Å². The second-order valence-electron chi connectivity index (χ2n) is 6.08. The van der Waals surface area contributed by atoms with E-state index in [-0.39, 0.29) is 5.91 Å². The van der Waals surface area contributed by atoms with Gasteiger partial charge in [0, 0.05) is 25.2 Å². The molecule has 0 bridgehead atoms. The van der Waals surface area contributed by atoms with Gasteiger partial charge in [-0.1, -0.05) is 6.07 Å². The number of nitrogens with zero attached hydrogens (tertiary/aromatic N) is 1. The lowest BCUT2D eigenvalue weighted by Crippen LogP contribution is -2.57. The van der Waals surface area contributed by atoms with Crippen molar-refractivity contribution in [3.05, 3.63) is 34.9 Å². The van der Waals surface area contributed by atoms with Crippen molar-refractivity contribution in [2.75, 3.05) is 6.54 Å². The molecule has 1 saturated heterocycles. The van der Waals surface area contributed by atoms with E-state index in [2.05, 4.69) is 5.32 Å². The van der Waals surface area contributed by atoms with Crippen LogP contribution in [0.3, 0.4) is 0 Å². The summed E-state index contributed by atoms with van der Waals surface area (Å²) in [5.74, 6) is -1.09. The van der Waals surface area contributed by atoms with E-state index >= 15 is 0 Å². The fourth-order valence-corrected chi connectivity index (χ4v) is 3.25. The van der Waals surface area contributed by atoms with Gasteiger partial charge in [0.15, 0.2) is 0 Å². The van der Waals surface area contributed by atoms with Crippen LogP contribution in [-0.4, -0.2) is 34.0 Å². The number of carboxylic acids is 1. The number of carbonyl (C=O) groups excluding carboxylic acids is 1. The van der Waals surface area contributed by atoms with Crippen LogP contribution < -0.4 is 5.32 Å². The molecule has 5 nitrogen and oxygen atoms in total. The average Bonchev–Trinajstić information content (AvgIpc) is 2.94. The summed E-state index contributed by atoms with van der Waals surface area (Å²) >= 11 is 0. The molecular formula is C16H20N2O3. The van der Waals surface area contributed by atoms with Gasteiger partial charge in [-0.05, 0) is 49.4 Å². The molecule has 112 valence electrons. The van der Waals surface area contributed by atoms with Crippen LogP contribution in [0.5, 0.6) is 0 Å². The van der Waals surface area contributed by atoms with Crippen LogP contribution in [0.15, 0.2) is 18.2 Å². The number of aliphatic carboxylic acids is 1. The number of fused-ring (bicyclic) bond motifs is 1. The standard InChI is InChI=1S/C16H20N2O3/c1-16(15(20)21)6-2-3-7-18(16)14(19)11-4-5-12-9-17-10-13(12)8-11/h4-5,8,17H,2-3,6-7,9-10H2,1H3,(H,20,21). The van der Waals surface area contributed by atoms with Crippen LogP contribution in [0, 0.1) is 0 Å². The quantitative estimate of drug-likeness (QED) is 0.870. The Hall–Kier alpha value is -1.88. The molecule has 0 radical (unpaired) electrons. The number of nitrogens with one attached hydrogen (secondary N) is 1. The molecule has 1 aromatic carbocycles. The van der Waals surface area contributed by atoms with Crippen molar-refractivity contribution < 1.29 is 14.7 Å². The van der Waals surface area contributed by atoms with Gasteiger partial charge in [-0.3, -0.25) is 4.79 Å². The van der Waals surface area contributed by atoms with Crippen molar-refractivity contribution in [3.8, 4) is 0 Å². The van der Waals surface area contributed by atoms with Crippen LogP contribution >= 0.6 is 0 Å². The van der Waals surface area contributed by atoms with E-state index in [0.717, 1.165) is 31.5 Å². The molecule has 21 heavy (non-hydrogen) atoms. The third kappa shape index (κ3) is 2.31. The van der Waals surface area contributed by atoms with Crippen molar-refractivity contribution in [2.24, 2.45) is 0 Å². The van der Waals surface area contributed by atoms with Crippen LogP contribution in [0.1, 0.15) is 47.7 Å². The van der Waals surface area contributed by atoms with E-state index in [1.165, 1.54) is 10.5 Å². The third-order valence-electron chi connectivity index (χ3n) is 4.68. The number of likely N-dealkylation sites (tertiary alicyclic amines) is 1. The van der Waals surface area contributed by atoms with Crippen LogP contribution in [-0.2, 0) is 17.9 Å². The molecule has 2 aliphatic heterocycles. The van der Waals surface area contributed by atoms with E-state index in [1.54, 1.807) is 6.92 Å². The van der Waals surface area contributed by atoms with E-state index < -0.39 is 11.5 Å². The monoisotopic (exact) mass is 288 g/mol. The van der Waals surface area contributed by atoms with Gasteiger partial charge in [0.05, 0.1) is 0 Å². The Morgan fingerprint density at radius 1 is 1.24 bits per heavy atom. The normalized spacial score (nSPS) is 24.7. The van der Waals surface area contributed by atoms with Crippen molar-refractivity contribution in [3.63, 3.8) is 0 Å². The highest BCUT2D eigenvalue weighted by Crippen LogP contribution is 2.30. The number of carboxylic acid groups (broad SMARTS) is 1. The summed E-state index contributed by atoms with van der Waals surface area (Å²) in [7, 11) is 0. The maximum Gasteiger partial charge on any atom is 0.329 e. The number of hydrogen-bond donors (Lipinski definition) is 2. The average molecular weight is 288 g/mol. The Morgan fingerprint density at radius 3 is 2.76 bits per heavy atom. The largest absolute Gasteiger partial charge is 0.480 e. The molecule has 1 fully saturated rings. The zero-order chi connectivity index (χ0) is 15.0. The van der Waals surface area contributed by atoms with E-state index in [4.69, 9.17) is 0 Å². The Balaban J connectivity index is 1.91. The fraction of sp³-hybridized carbons (Fsp3) is 0.500. The molecule has 1 atom stereocenters. The minimum absolute atomic E-state index is 0.172. The first kappa shape index (κ1) is 14.1. The van der Waals surface area contributed by atoms with Gasteiger partial charge in [0.2, 0.25) is 0 Å². The summed E-state index contributed by atoms with van der Waals surface area (Å²) in [4.78, 5) is 25.9. The minimum Gasteiger partial charge on any atom is -0.480 e. The molecule has 5 heteroatoms. The number of benzene rings is 1. The zero-order valence-electron chi connectivity index (χ0n) is 12.2. The Bertz CT molecular complexity index is 599. The van der Waals surface area contributed by atoms with Gasteiger partial charge in [-0.15, -0.1) is 0 Å². The number of piperidine rings is 1. The van der Waals surface area contributed by atoms with Gasteiger partial charge >= 0.3 is 5.97 Å². The molecule has 3 rings (SSSR count). The van der Waals surface area contributed by atoms with Crippen molar-refractivity contribution in [1.82, 2.24) is 10.2 Å². The van der Waals surface area contributed by atoms with Gasteiger partial charge in [-0.25, -0.2) is 4.79 Å². The van der Waals surface area contributed by atoms with E-state index in [9.17, 15) is 14.7 Å². The summed E-state index contributed by atoms with van der Waals surface area (Å²) in [6, 6.07) is 5.67. The van der Waals surface area contributed by atoms with Crippen LogP contribution in [0.2, 0.25) is 0 Å². The Labute approximate surface area is 123 Å². The predicted molar refractivity (Wildman–Crippen MR) is 77.9 cm³/mol. The predicted octanol–water partition coefficient (Wildman–Crippen LogP) is 1.76. The second-order valence-corrected chi connectivity index (χ2v) is 6.08. The summed E-state index contributed by atoms with van der Waals surface area (Å²) in [5.41, 5.74) is 1.85. The molecule has 1 aromatic rings. The van der Waals surface area contributed by atoms with Gasteiger partial charge in [-0.2, -0.15) is 0 Å². The molecule has 0 spiro atoms. The summed E-state index contributed by atoms with van der Waals surface area (Å²) in [6.45, 7) is 3.77. The maximum atomic E-state index is 12.8. The number of amides is 1. The highest BCUT2D eigenvalue weighted by molar-refractivity contribution is 5.98. The van der Waals surface area contributed by atoms with Gasteiger partial charge < -0.3 is 15.3 Å². The molecule has 0 aliphatic carbocycles. The van der Waals surface area contributed by atoms with Crippen LogP contribution in [0.4, 0.5) is 0 Å². The van der Waals surface area contributed by atoms with Crippen molar-refractivity contribution in [1.29, 1.82) is 0 Å². The molecular weight excluding hydrogens is 268 g/mol. The van der Waals surface area contributed by atoms with E-state index in [1.807, 2.05) is 18.2 Å². The number of rotatable bonds is 2. The van der Waals surface area contributed by atoms with Crippen molar-refractivity contribution >= 4 is 11.9 Å². The lowest BCUT2D eigenvalue weighted by molar-refractivity contribution is -0.150. The SMILES string of the molecule is CC1(C(=O)O)CCCCN1C(=O)c1ccc2c(c1)CNC2. The molecule has 2 N–H and O–H groups in total. The smallest absolute Gasteiger partial charge is 0.329 e. The maximum absolute atomic E-state index is 12.8. The lowest BCUT2D eigenvalue weighted by atomic mass is 9.87. The van der Waals surface area contributed by atoms with E-state index in [0.29, 0.717) is 18.5 Å². The highest BCUT2D eigenvalue weighted by atomic mass is 16.4. The molecule has 0 aromatic heterocycles. The molecule has 0 saturated carbocycles.